The smallest absolute Gasteiger partial charge is 0.147 e. The molecule has 0 aliphatic heterocycles. The number of likely N-dealkylation sites (N-methyl/N-ethyl adjacent to an activating group) is 1. The summed E-state index contributed by atoms with van der Waals surface area (Å²) in [5.41, 5.74) is 0. The fourth-order valence-corrected chi connectivity index (χ4v) is 1.30. The number of rotatable bonds is 4. The van der Waals surface area contributed by atoms with Gasteiger partial charge in [0.15, 0.2) is 0 Å². The van der Waals surface area contributed by atoms with E-state index in [1.807, 2.05) is 20.8 Å². The third-order valence-electron chi connectivity index (χ3n) is 1.92. The number of nitrogens with one attached hydrogen (secondary N) is 1. The molecule has 1 aromatic heterocycles. The van der Waals surface area contributed by atoms with E-state index in [2.05, 4.69) is 21.5 Å². The second kappa shape index (κ2) is 4.72. The Kier molecular flexibility index (Phi) is 3.60. The van der Waals surface area contributed by atoms with E-state index in [1.54, 1.807) is 4.68 Å². The third-order valence-corrected chi connectivity index (χ3v) is 1.92. The van der Waals surface area contributed by atoms with Gasteiger partial charge < -0.3 is 5.32 Å². The molecule has 1 heterocycles. The normalized spacial score (nSPS) is 12.4. The van der Waals surface area contributed by atoms with Crippen LogP contribution in [0.25, 0.3) is 0 Å². The molecule has 14 heavy (non-hydrogen) atoms. The standard InChI is InChI=1S/C9H15N5/c1-4-11-9(5-10)6-14-8(3)12-7(2)13-14/h9,11H,4,6H2,1-3H3. The molecule has 1 aromatic rings. The molecule has 0 radical (unpaired) electrons. The lowest BCUT2D eigenvalue weighted by Gasteiger charge is -2.09. The van der Waals surface area contributed by atoms with Gasteiger partial charge in [-0.25, -0.2) is 9.67 Å². The lowest BCUT2D eigenvalue weighted by atomic mass is 10.3. The maximum atomic E-state index is 8.84. The summed E-state index contributed by atoms with van der Waals surface area (Å²) in [4.78, 5) is 4.17. The number of hydrogen-bond acceptors (Lipinski definition) is 4. The SMILES string of the molecule is CCNC(C#N)Cn1nc(C)nc1C. The molecule has 1 unspecified atom stereocenters. The largest absolute Gasteiger partial charge is 0.301 e. The monoisotopic (exact) mass is 193 g/mol. The van der Waals surface area contributed by atoms with Crippen molar-refractivity contribution in [2.45, 2.75) is 33.4 Å². The number of nitrogens with zero attached hydrogens (tertiary/aromatic N) is 4. The zero-order chi connectivity index (χ0) is 10.6. The molecule has 76 valence electrons. The minimum atomic E-state index is -0.195. The zero-order valence-electron chi connectivity index (χ0n) is 8.78. The van der Waals surface area contributed by atoms with Crippen molar-refractivity contribution in [1.29, 1.82) is 5.26 Å². The summed E-state index contributed by atoms with van der Waals surface area (Å²) >= 11 is 0. The van der Waals surface area contributed by atoms with Gasteiger partial charge in [0.1, 0.15) is 17.7 Å². The summed E-state index contributed by atoms with van der Waals surface area (Å²) in [7, 11) is 0. The van der Waals surface area contributed by atoms with Crippen LogP contribution in [-0.2, 0) is 6.54 Å². The van der Waals surface area contributed by atoms with E-state index in [0.717, 1.165) is 18.2 Å². The van der Waals surface area contributed by atoms with Crippen LogP contribution in [0.2, 0.25) is 0 Å². The second-order valence-corrected chi connectivity index (χ2v) is 3.13. The summed E-state index contributed by atoms with van der Waals surface area (Å²) < 4.78 is 1.76. The fourth-order valence-electron chi connectivity index (χ4n) is 1.30. The fraction of sp³-hybridized carbons (Fsp3) is 0.667. The molecule has 5 heteroatoms. The first-order valence-corrected chi connectivity index (χ1v) is 4.68. The van der Waals surface area contributed by atoms with Gasteiger partial charge in [-0.1, -0.05) is 6.92 Å². The zero-order valence-corrected chi connectivity index (χ0v) is 8.78. The molecule has 1 rings (SSSR count). The molecule has 0 amide bonds. The summed E-state index contributed by atoms with van der Waals surface area (Å²) in [5, 5.41) is 16.1. The van der Waals surface area contributed by atoms with Crippen LogP contribution in [0, 0.1) is 25.2 Å². The van der Waals surface area contributed by atoms with E-state index in [1.165, 1.54) is 0 Å². The Morgan fingerprint density at radius 1 is 1.57 bits per heavy atom. The van der Waals surface area contributed by atoms with Gasteiger partial charge >= 0.3 is 0 Å². The maximum absolute atomic E-state index is 8.84. The Morgan fingerprint density at radius 2 is 2.29 bits per heavy atom. The highest BCUT2D eigenvalue weighted by molar-refractivity contribution is 4.94. The van der Waals surface area contributed by atoms with Crippen LogP contribution in [0.4, 0.5) is 0 Å². The van der Waals surface area contributed by atoms with Crippen molar-refractivity contribution in [1.82, 2.24) is 20.1 Å². The average Bonchev–Trinajstić information content (AvgIpc) is 2.44. The number of aromatic nitrogens is 3. The Hall–Kier alpha value is -1.41. The molecular weight excluding hydrogens is 178 g/mol. The van der Waals surface area contributed by atoms with Crippen LogP contribution in [0.1, 0.15) is 18.6 Å². The minimum absolute atomic E-state index is 0.195. The van der Waals surface area contributed by atoms with Crippen LogP contribution >= 0.6 is 0 Å². The minimum Gasteiger partial charge on any atom is -0.301 e. The third kappa shape index (κ3) is 2.54. The highest BCUT2D eigenvalue weighted by Crippen LogP contribution is 1.97. The molecule has 1 atom stereocenters. The van der Waals surface area contributed by atoms with Crippen molar-refractivity contribution in [3.63, 3.8) is 0 Å². The topological polar surface area (TPSA) is 66.5 Å². The summed E-state index contributed by atoms with van der Waals surface area (Å²) in [6.45, 7) is 7.05. The first-order chi connectivity index (χ1) is 6.67. The molecular formula is C9H15N5. The molecule has 0 aliphatic carbocycles. The van der Waals surface area contributed by atoms with Gasteiger partial charge in [0.05, 0.1) is 12.6 Å². The van der Waals surface area contributed by atoms with E-state index in [9.17, 15) is 0 Å². The van der Waals surface area contributed by atoms with Gasteiger partial charge in [-0.2, -0.15) is 10.4 Å². The van der Waals surface area contributed by atoms with Gasteiger partial charge in [-0.3, -0.25) is 0 Å². The average molecular weight is 193 g/mol. The van der Waals surface area contributed by atoms with Crippen molar-refractivity contribution >= 4 is 0 Å². The van der Waals surface area contributed by atoms with Crippen LogP contribution in [-0.4, -0.2) is 27.4 Å². The summed E-state index contributed by atoms with van der Waals surface area (Å²) in [6.07, 6.45) is 0. The first kappa shape index (κ1) is 10.7. The predicted octanol–water partition coefficient (Wildman–Crippen LogP) is 0.397. The number of hydrogen-bond donors (Lipinski definition) is 1. The highest BCUT2D eigenvalue weighted by Gasteiger charge is 2.09. The quantitative estimate of drug-likeness (QED) is 0.751. The Labute approximate surface area is 83.8 Å². The maximum Gasteiger partial charge on any atom is 0.147 e. The van der Waals surface area contributed by atoms with Crippen LogP contribution in [0.5, 0.6) is 0 Å². The molecule has 0 saturated carbocycles. The van der Waals surface area contributed by atoms with E-state index < -0.39 is 0 Å². The van der Waals surface area contributed by atoms with Gasteiger partial charge in [0.25, 0.3) is 0 Å². The van der Waals surface area contributed by atoms with E-state index in [-0.39, 0.29) is 6.04 Å². The van der Waals surface area contributed by atoms with Crippen molar-refractivity contribution in [2.24, 2.45) is 0 Å². The van der Waals surface area contributed by atoms with E-state index in [0.29, 0.717) is 6.54 Å². The van der Waals surface area contributed by atoms with Crippen LogP contribution in [0.3, 0.4) is 0 Å². The molecule has 5 nitrogen and oxygen atoms in total. The van der Waals surface area contributed by atoms with Crippen LogP contribution < -0.4 is 5.32 Å². The van der Waals surface area contributed by atoms with E-state index >= 15 is 0 Å². The summed E-state index contributed by atoms with van der Waals surface area (Å²) in [6, 6.07) is 1.99. The molecule has 0 bridgehead atoms. The number of nitriles is 1. The van der Waals surface area contributed by atoms with Gasteiger partial charge in [0, 0.05) is 0 Å². The molecule has 0 fully saturated rings. The lowest BCUT2D eigenvalue weighted by Crippen LogP contribution is -2.32. The molecule has 0 aliphatic rings. The summed E-state index contributed by atoms with van der Waals surface area (Å²) in [5.74, 6) is 1.59. The highest BCUT2D eigenvalue weighted by atomic mass is 15.3. The van der Waals surface area contributed by atoms with Crippen LogP contribution in [0.15, 0.2) is 0 Å². The lowest BCUT2D eigenvalue weighted by molar-refractivity contribution is 0.490. The molecule has 0 saturated heterocycles. The molecule has 1 N–H and O–H groups in total. The van der Waals surface area contributed by atoms with Gasteiger partial charge in [-0.05, 0) is 20.4 Å². The van der Waals surface area contributed by atoms with Gasteiger partial charge in [-0.15, -0.1) is 0 Å². The molecule has 0 spiro atoms. The Balaban J connectivity index is 2.67. The van der Waals surface area contributed by atoms with E-state index in [4.69, 9.17) is 5.26 Å². The van der Waals surface area contributed by atoms with Crippen molar-refractivity contribution < 1.29 is 0 Å². The van der Waals surface area contributed by atoms with Crippen molar-refractivity contribution in [3.8, 4) is 6.07 Å². The molecule has 0 aromatic carbocycles. The number of aryl methyl sites for hydroxylation is 2. The first-order valence-electron chi connectivity index (χ1n) is 4.68. The Bertz CT molecular complexity index is 335. The van der Waals surface area contributed by atoms with Crippen molar-refractivity contribution in [2.75, 3.05) is 6.54 Å². The Morgan fingerprint density at radius 3 is 2.71 bits per heavy atom. The predicted molar refractivity (Wildman–Crippen MR) is 52.6 cm³/mol. The second-order valence-electron chi connectivity index (χ2n) is 3.13. The van der Waals surface area contributed by atoms with Gasteiger partial charge in [0.2, 0.25) is 0 Å². The van der Waals surface area contributed by atoms with Crippen molar-refractivity contribution in [3.05, 3.63) is 11.6 Å².